The topological polar surface area (TPSA) is 60.0 Å². The molecule has 0 fully saturated rings. The van der Waals surface area contributed by atoms with Gasteiger partial charge in [0.05, 0.1) is 12.2 Å². The van der Waals surface area contributed by atoms with Crippen LogP contribution in [0.4, 0.5) is 0 Å². The minimum absolute atomic E-state index is 0.594. The Kier molecular flexibility index (Phi) is 4.86. The van der Waals surface area contributed by atoms with E-state index < -0.39 is 0 Å². The fourth-order valence-corrected chi connectivity index (χ4v) is 2.46. The molecule has 2 heterocycles. The van der Waals surface area contributed by atoms with Gasteiger partial charge in [-0.15, -0.1) is 16.4 Å². The van der Waals surface area contributed by atoms with Gasteiger partial charge in [-0.3, -0.25) is 4.68 Å². The van der Waals surface area contributed by atoms with Crippen molar-refractivity contribution in [2.45, 2.75) is 19.5 Å². The zero-order valence-corrected chi connectivity index (χ0v) is 11.4. The molecule has 0 saturated carbocycles. The summed E-state index contributed by atoms with van der Waals surface area (Å²) in [5.41, 5.74) is 6.47. The molecule has 0 radical (unpaired) electrons. The van der Waals surface area contributed by atoms with Gasteiger partial charge in [0.25, 0.3) is 0 Å². The molecule has 0 saturated heterocycles. The predicted octanol–water partition coefficient (Wildman–Crippen LogP) is 0.973. The Morgan fingerprint density at radius 1 is 1.50 bits per heavy atom. The first-order valence-electron chi connectivity index (χ1n) is 6.08. The third kappa shape index (κ3) is 3.90. The van der Waals surface area contributed by atoms with E-state index in [2.05, 4.69) is 39.8 Å². The average molecular weight is 265 g/mol. The lowest BCUT2D eigenvalue weighted by atomic mass is 10.3. The van der Waals surface area contributed by atoms with Crippen molar-refractivity contribution in [3.8, 4) is 0 Å². The maximum Gasteiger partial charge on any atom is 0.0967 e. The molecule has 2 rings (SSSR count). The molecule has 5 nitrogen and oxygen atoms in total. The Bertz CT molecular complexity index is 451. The molecule has 0 bridgehead atoms. The Morgan fingerprint density at radius 2 is 2.39 bits per heavy atom. The number of likely N-dealkylation sites (N-methyl/N-ethyl adjacent to an activating group) is 1. The summed E-state index contributed by atoms with van der Waals surface area (Å²) in [5.74, 6) is 0. The Morgan fingerprint density at radius 3 is 3.11 bits per heavy atom. The zero-order chi connectivity index (χ0) is 12.8. The highest BCUT2D eigenvalue weighted by atomic mass is 32.1. The van der Waals surface area contributed by atoms with Crippen LogP contribution in [0.15, 0.2) is 23.7 Å². The van der Waals surface area contributed by atoms with E-state index >= 15 is 0 Å². The lowest BCUT2D eigenvalue weighted by molar-refractivity contribution is 0.328. The summed E-state index contributed by atoms with van der Waals surface area (Å²) < 4.78 is 1.79. The third-order valence-electron chi connectivity index (χ3n) is 2.70. The second-order valence-corrected chi connectivity index (χ2v) is 5.36. The van der Waals surface area contributed by atoms with Crippen molar-refractivity contribution in [3.63, 3.8) is 0 Å². The van der Waals surface area contributed by atoms with Crippen LogP contribution in [0.25, 0.3) is 0 Å². The molecule has 98 valence electrons. The predicted molar refractivity (Wildman–Crippen MR) is 73.4 cm³/mol. The van der Waals surface area contributed by atoms with Gasteiger partial charge < -0.3 is 10.6 Å². The summed E-state index contributed by atoms with van der Waals surface area (Å²) in [6, 6.07) is 4.27. The first kappa shape index (κ1) is 13.2. The molecule has 6 heteroatoms. The van der Waals surface area contributed by atoms with Crippen LogP contribution in [0.1, 0.15) is 10.6 Å². The van der Waals surface area contributed by atoms with Crippen molar-refractivity contribution in [3.05, 3.63) is 34.3 Å². The third-order valence-corrected chi connectivity index (χ3v) is 3.63. The molecule has 0 spiro atoms. The Labute approximate surface area is 111 Å². The monoisotopic (exact) mass is 265 g/mol. The van der Waals surface area contributed by atoms with Crippen LogP contribution in [0.3, 0.4) is 0 Å². The minimum atomic E-state index is 0.594. The van der Waals surface area contributed by atoms with E-state index in [1.54, 1.807) is 4.68 Å². The molecule has 0 amide bonds. The van der Waals surface area contributed by atoms with Crippen molar-refractivity contribution in [2.24, 2.45) is 5.73 Å². The second-order valence-electron chi connectivity index (χ2n) is 4.33. The van der Waals surface area contributed by atoms with Crippen LogP contribution in [0.2, 0.25) is 0 Å². The van der Waals surface area contributed by atoms with Gasteiger partial charge in [-0.1, -0.05) is 11.3 Å². The number of hydrogen-bond acceptors (Lipinski definition) is 5. The van der Waals surface area contributed by atoms with Crippen LogP contribution in [0, 0.1) is 0 Å². The van der Waals surface area contributed by atoms with Crippen LogP contribution in [0.5, 0.6) is 0 Å². The number of nitrogens with two attached hydrogens (primary N) is 1. The highest BCUT2D eigenvalue weighted by molar-refractivity contribution is 7.09. The van der Waals surface area contributed by atoms with Crippen molar-refractivity contribution in [2.75, 3.05) is 20.1 Å². The number of thiophene rings is 1. The molecule has 2 aromatic rings. The largest absolute Gasteiger partial charge is 0.329 e. The summed E-state index contributed by atoms with van der Waals surface area (Å²) in [7, 11) is 2.11. The van der Waals surface area contributed by atoms with Gasteiger partial charge >= 0.3 is 0 Å². The van der Waals surface area contributed by atoms with Gasteiger partial charge in [-0.2, -0.15) is 0 Å². The highest BCUT2D eigenvalue weighted by Gasteiger charge is 2.05. The number of rotatable bonds is 7. The lowest BCUT2D eigenvalue weighted by Crippen LogP contribution is -2.20. The molecule has 0 aliphatic carbocycles. The standard InChI is InChI=1S/C12H19N5S/c1-16(6-4-12-3-2-8-18-12)9-11-10-17(7-5-13)15-14-11/h2-3,8,10H,4-7,9,13H2,1H3. The summed E-state index contributed by atoms with van der Waals surface area (Å²) in [5, 5.41) is 10.3. The van der Waals surface area contributed by atoms with Crippen molar-refractivity contribution >= 4 is 11.3 Å². The molecule has 18 heavy (non-hydrogen) atoms. The van der Waals surface area contributed by atoms with Gasteiger partial charge in [0, 0.05) is 30.7 Å². The second kappa shape index (κ2) is 6.63. The normalized spacial score (nSPS) is 11.3. The van der Waals surface area contributed by atoms with Crippen molar-refractivity contribution in [1.29, 1.82) is 0 Å². The van der Waals surface area contributed by atoms with Gasteiger partial charge in [0.2, 0.25) is 0 Å². The van der Waals surface area contributed by atoms with E-state index in [0.717, 1.165) is 31.7 Å². The van der Waals surface area contributed by atoms with Gasteiger partial charge in [0.15, 0.2) is 0 Å². The maximum atomic E-state index is 5.48. The highest BCUT2D eigenvalue weighted by Crippen LogP contribution is 2.10. The van der Waals surface area contributed by atoms with E-state index in [-0.39, 0.29) is 0 Å². The molecular formula is C12H19N5S. The van der Waals surface area contributed by atoms with Crippen LogP contribution in [-0.4, -0.2) is 40.0 Å². The van der Waals surface area contributed by atoms with Crippen molar-refractivity contribution in [1.82, 2.24) is 19.9 Å². The molecule has 0 aliphatic heterocycles. The summed E-state index contributed by atoms with van der Waals surface area (Å²) in [4.78, 5) is 3.69. The molecule has 0 aromatic carbocycles. The lowest BCUT2D eigenvalue weighted by Gasteiger charge is -2.13. The summed E-state index contributed by atoms with van der Waals surface area (Å²) >= 11 is 1.81. The molecule has 0 aliphatic rings. The summed E-state index contributed by atoms with van der Waals surface area (Å²) in [6.07, 6.45) is 3.06. The van der Waals surface area contributed by atoms with Gasteiger partial charge in [0.1, 0.15) is 0 Å². The summed E-state index contributed by atoms with van der Waals surface area (Å²) in [6.45, 7) is 3.18. The van der Waals surface area contributed by atoms with E-state index in [1.165, 1.54) is 4.88 Å². The first-order valence-corrected chi connectivity index (χ1v) is 6.96. The maximum absolute atomic E-state index is 5.48. The Hall–Kier alpha value is -1.24. The molecule has 2 N–H and O–H groups in total. The number of nitrogens with zero attached hydrogens (tertiary/aromatic N) is 4. The smallest absolute Gasteiger partial charge is 0.0967 e. The van der Waals surface area contributed by atoms with Crippen LogP contribution in [-0.2, 0) is 19.5 Å². The Balaban J connectivity index is 1.77. The zero-order valence-electron chi connectivity index (χ0n) is 10.6. The van der Waals surface area contributed by atoms with Crippen LogP contribution < -0.4 is 5.73 Å². The van der Waals surface area contributed by atoms with Gasteiger partial charge in [-0.05, 0) is 24.9 Å². The number of hydrogen-bond donors (Lipinski definition) is 1. The molecule has 0 atom stereocenters. The number of aromatic nitrogens is 3. The van der Waals surface area contributed by atoms with Crippen molar-refractivity contribution < 1.29 is 0 Å². The van der Waals surface area contributed by atoms with Crippen LogP contribution >= 0.6 is 11.3 Å². The SMILES string of the molecule is CN(CCc1cccs1)Cc1cn(CCN)nn1. The quantitative estimate of drug-likeness (QED) is 0.810. The fourth-order valence-electron chi connectivity index (χ4n) is 1.76. The fraction of sp³-hybridized carbons (Fsp3) is 0.500. The van der Waals surface area contributed by atoms with Gasteiger partial charge in [-0.25, -0.2) is 0 Å². The van der Waals surface area contributed by atoms with E-state index in [4.69, 9.17) is 5.73 Å². The minimum Gasteiger partial charge on any atom is -0.329 e. The van der Waals surface area contributed by atoms with E-state index in [9.17, 15) is 0 Å². The first-order chi connectivity index (χ1) is 8.78. The van der Waals surface area contributed by atoms with E-state index in [0.29, 0.717) is 6.54 Å². The van der Waals surface area contributed by atoms with E-state index in [1.807, 2.05) is 17.5 Å². The molecule has 2 aromatic heterocycles. The molecule has 0 unspecified atom stereocenters. The average Bonchev–Trinajstić information content (AvgIpc) is 2.99. The molecular weight excluding hydrogens is 246 g/mol.